The highest BCUT2D eigenvalue weighted by Gasteiger charge is 2.33. The minimum Gasteiger partial charge on any atom is -0.458 e. The van der Waals surface area contributed by atoms with Crippen LogP contribution in [0, 0.1) is 0 Å². The van der Waals surface area contributed by atoms with Gasteiger partial charge in [-0.3, -0.25) is 28.8 Å². The van der Waals surface area contributed by atoms with E-state index in [1.54, 1.807) is 0 Å². The van der Waals surface area contributed by atoms with Crippen molar-refractivity contribution in [3.05, 3.63) is 12.3 Å². The number of imide groups is 2. The van der Waals surface area contributed by atoms with Crippen molar-refractivity contribution in [1.82, 2.24) is 10.1 Å². The van der Waals surface area contributed by atoms with Gasteiger partial charge < -0.3 is 19.9 Å². The van der Waals surface area contributed by atoms with E-state index in [1.807, 2.05) is 0 Å². The van der Waals surface area contributed by atoms with Gasteiger partial charge in [-0.2, -0.15) is 0 Å². The molecule has 0 bridgehead atoms. The van der Waals surface area contributed by atoms with Crippen molar-refractivity contribution in [2.24, 2.45) is 0 Å². The van der Waals surface area contributed by atoms with Gasteiger partial charge in [-0.05, 0) is 6.42 Å². The van der Waals surface area contributed by atoms with Crippen LogP contribution < -0.4 is 0 Å². The second-order valence-electron chi connectivity index (χ2n) is 6.81. The van der Waals surface area contributed by atoms with Crippen molar-refractivity contribution in [2.75, 3.05) is 6.61 Å². The Bertz CT molecular complexity index is 788. The number of hydrogen-bond donors (Lipinski definition) is 0. The lowest BCUT2D eigenvalue weighted by atomic mass is 10.2. The molecule has 0 unspecified atom stereocenters. The van der Waals surface area contributed by atoms with Crippen LogP contribution in [0.5, 0.6) is 0 Å². The van der Waals surface area contributed by atoms with Gasteiger partial charge in [0.1, 0.15) is 12.4 Å². The highest BCUT2D eigenvalue weighted by atomic mass is 16.7. The molecule has 13 nitrogen and oxygen atoms in total. The Morgan fingerprint density at radius 3 is 1.75 bits per heavy atom. The van der Waals surface area contributed by atoms with Gasteiger partial charge in [-0.25, -0.2) is 4.79 Å². The van der Waals surface area contributed by atoms with Crippen LogP contribution in [-0.2, 0) is 48.0 Å². The Labute approximate surface area is 182 Å². The van der Waals surface area contributed by atoms with E-state index in [0.717, 1.165) is 0 Å². The molecule has 2 N–H and O–H groups in total. The molecule has 0 radical (unpaired) electrons. The maximum atomic E-state index is 11.7. The highest BCUT2D eigenvalue weighted by Crippen LogP contribution is 2.17. The molecule has 0 aromatic rings. The van der Waals surface area contributed by atoms with Gasteiger partial charge in [0.2, 0.25) is 0 Å². The Hall–Kier alpha value is -3.61. The molecular formula is C19H24N2O11. The Balaban J connectivity index is 0.00000512. The van der Waals surface area contributed by atoms with Gasteiger partial charge >= 0.3 is 11.9 Å². The van der Waals surface area contributed by atoms with Gasteiger partial charge in [0, 0.05) is 44.9 Å². The summed E-state index contributed by atoms with van der Waals surface area (Å²) >= 11 is 0. The van der Waals surface area contributed by atoms with E-state index in [1.165, 1.54) is 0 Å². The predicted octanol–water partition coefficient (Wildman–Crippen LogP) is -0.574. The number of carbonyl (C=O) groups is 7. The fourth-order valence-electron chi connectivity index (χ4n) is 2.61. The van der Waals surface area contributed by atoms with Gasteiger partial charge in [0.05, 0.1) is 6.42 Å². The zero-order valence-electron chi connectivity index (χ0n) is 17.3. The second kappa shape index (κ2) is 12.3. The van der Waals surface area contributed by atoms with Crippen LogP contribution in [-0.4, -0.2) is 63.6 Å². The Morgan fingerprint density at radius 1 is 0.719 bits per heavy atom. The fourth-order valence-corrected chi connectivity index (χ4v) is 2.61. The van der Waals surface area contributed by atoms with Crippen LogP contribution in [0.3, 0.4) is 0 Å². The highest BCUT2D eigenvalue weighted by molar-refractivity contribution is 6.01. The van der Waals surface area contributed by atoms with Crippen molar-refractivity contribution in [3.8, 4) is 0 Å². The first kappa shape index (κ1) is 26.4. The molecule has 0 saturated carbocycles. The normalized spacial score (nSPS) is 15.5. The number of allylic oxidation sites excluding steroid dienone is 1. The van der Waals surface area contributed by atoms with Gasteiger partial charge in [-0.15, -0.1) is 10.1 Å². The molecule has 2 fully saturated rings. The quantitative estimate of drug-likeness (QED) is 0.209. The van der Waals surface area contributed by atoms with E-state index in [4.69, 9.17) is 9.57 Å². The first-order chi connectivity index (χ1) is 14.7. The molecule has 2 heterocycles. The molecule has 2 rings (SSSR count). The average Bonchev–Trinajstić information content (AvgIpc) is 3.21. The third-order valence-corrected chi connectivity index (χ3v) is 4.26. The van der Waals surface area contributed by atoms with E-state index in [9.17, 15) is 33.6 Å². The van der Waals surface area contributed by atoms with E-state index < -0.39 is 48.0 Å². The van der Waals surface area contributed by atoms with Crippen LogP contribution in [0.25, 0.3) is 0 Å². The molecule has 2 aliphatic rings. The summed E-state index contributed by atoms with van der Waals surface area (Å²) in [6, 6.07) is 0. The lowest BCUT2D eigenvalue weighted by molar-refractivity contribution is -0.197. The van der Waals surface area contributed by atoms with Crippen molar-refractivity contribution in [1.29, 1.82) is 0 Å². The number of esters is 1. The van der Waals surface area contributed by atoms with Crippen molar-refractivity contribution in [3.63, 3.8) is 0 Å². The van der Waals surface area contributed by atoms with Gasteiger partial charge in [0.25, 0.3) is 23.6 Å². The molecule has 13 heteroatoms. The summed E-state index contributed by atoms with van der Waals surface area (Å²) in [6.07, 6.45) is -0.260. The summed E-state index contributed by atoms with van der Waals surface area (Å²) in [7, 11) is 0. The summed E-state index contributed by atoms with van der Waals surface area (Å²) < 4.78 is 4.81. The Kier molecular flexibility index (Phi) is 10.2. The predicted molar refractivity (Wildman–Crippen MR) is 101 cm³/mol. The van der Waals surface area contributed by atoms with Crippen LogP contribution in [0.15, 0.2) is 12.3 Å². The molecule has 2 aliphatic heterocycles. The first-order valence-electron chi connectivity index (χ1n) is 9.63. The fraction of sp³-hybridized carbons (Fsp3) is 0.526. The number of Topliss-reactive ketones (excluding diaryl/α,β-unsaturated/α-hetero) is 1. The van der Waals surface area contributed by atoms with Crippen LogP contribution in [0.2, 0.25) is 0 Å². The summed E-state index contributed by atoms with van der Waals surface area (Å²) in [4.78, 5) is 90.3. The van der Waals surface area contributed by atoms with E-state index in [2.05, 4.69) is 11.4 Å². The topological polar surface area (TPSA) is 185 Å². The number of rotatable bonds is 12. The maximum Gasteiger partial charge on any atom is 0.333 e. The molecule has 0 aromatic carbocycles. The summed E-state index contributed by atoms with van der Waals surface area (Å²) in [5.41, 5.74) is 0. The lowest BCUT2D eigenvalue weighted by Gasteiger charge is -2.15. The largest absolute Gasteiger partial charge is 0.458 e. The zero-order chi connectivity index (χ0) is 23.0. The number of hydroxylamine groups is 4. The van der Waals surface area contributed by atoms with Crippen molar-refractivity contribution in [2.45, 2.75) is 57.8 Å². The third kappa shape index (κ3) is 7.91. The SMILES string of the molecule is C=C(CCC(=O)OCC(=O)CCCC(=O)ON1C(=O)CCC1=O)ON1C(=O)CCC1=O.O. The van der Waals surface area contributed by atoms with Crippen LogP contribution in [0.4, 0.5) is 0 Å². The van der Waals surface area contributed by atoms with E-state index >= 15 is 0 Å². The second-order valence-corrected chi connectivity index (χ2v) is 6.81. The number of carbonyl (C=O) groups excluding carboxylic acids is 7. The zero-order valence-corrected chi connectivity index (χ0v) is 17.3. The standard InChI is InChI=1S/C19H22N2O10.H2O/c1-12(30-20-14(23)6-7-15(20)24)5-10-18(27)29-11-13(22)3-2-4-19(28)31-21-16(25)8-9-17(21)26;/h1-11H2;1H2. The molecule has 2 saturated heterocycles. The molecule has 32 heavy (non-hydrogen) atoms. The van der Waals surface area contributed by atoms with E-state index in [0.29, 0.717) is 10.1 Å². The summed E-state index contributed by atoms with van der Waals surface area (Å²) in [6.45, 7) is 3.03. The van der Waals surface area contributed by atoms with Gasteiger partial charge in [0.15, 0.2) is 5.78 Å². The molecule has 0 aromatic heterocycles. The monoisotopic (exact) mass is 456 g/mol. The first-order valence-corrected chi connectivity index (χ1v) is 9.63. The summed E-state index contributed by atoms with van der Waals surface area (Å²) in [5, 5.41) is 1.04. The smallest absolute Gasteiger partial charge is 0.333 e. The molecule has 0 aliphatic carbocycles. The minimum atomic E-state index is -0.818. The van der Waals surface area contributed by atoms with E-state index in [-0.39, 0.29) is 69.0 Å². The lowest BCUT2D eigenvalue weighted by Crippen LogP contribution is -2.32. The number of amides is 4. The number of ether oxygens (including phenoxy) is 1. The average molecular weight is 456 g/mol. The number of ketones is 1. The third-order valence-electron chi connectivity index (χ3n) is 4.26. The number of nitrogens with zero attached hydrogens (tertiary/aromatic N) is 2. The Morgan fingerprint density at radius 2 is 1.22 bits per heavy atom. The number of hydrogen-bond acceptors (Lipinski definition) is 10. The summed E-state index contributed by atoms with van der Waals surface area (Å²) in [5.74, 6) is -4.08. The minimum absolute atomic E-state index is 0. The van der Waals surface area contributed by atoms with Gasteiger partial charge in [-0.1, -0.05) is 6.58 Å². The molecule has 0 spiro atoms. The molecule has 0 atom stereocenters. The van der Waals surface area contributed by atoms with Crippen LogP contribution in [0.1, 0.15) is 57.8 Å². The molecule has 4 amide bonds. The maximum absolute atomic E-state index is 11.7. The van der Waals surface area contributed by atoms with Crippen molar-refractivity contribution < 1.29 is 53.4 Å². The molecular weight excluding hydrogens is 432 g/mol. The molecule has 176 valence electrons. The van der Waals surface area contributed by atoms with Crippen LogP contribution >= 0.6 is 0 Å². The van der Waals surface area contributed by atoms with Crippen molar-refractivity contribution >= 4 is 41.4 Å².